The summed E-state index contributed by atoms with van der Waals surface area (Å²) < 4.78 is 5.38. The third-order valence-electron chi connectivity index (χ3n) is 2.87. The Labute approximate surface area is 99.1 Å². The number of rotatable bonds is 2. The van der Waals surface area contributed by atoms with E-state index in [9.17, 15) is 0 Å². The third-order valence-corrected chi connectivity index (χ3v) is 2.87. The molecule has 3 nitrogen and oxygen atoms in total. The Morgan fingerprint density at radius 1 is 1.18 bits per heavy atom. The van der Waals surface area contributed by atoms with Crippen molar-refractivity contribution in [1.29, 1.82) is 0 Å². The van der Waals surface area contributed by atoms with Crippen molar-refractivity contribution in [3.63, 3.8) is 0 Å². The van der Waals surface area contributed by atoms with E-state index in [0.29, 0.717) is 0 Å². The molecule has 2 aromatic heterocycles. The highest BCUT2D eigenvalue weighted by molar-refractivity contribution is 5.96. The van der Waals surface area contributed by atoms with Gasteiger partial charge in [-0.3, -0.25) is 4.98 Å². The maximum absolute atomic E-state index is 5.38. The van der Waals surface area contributed by atoms with Gasteiger partial charge in [-0.1, -0.05) is 12.1 Å². The van der Waals surface area contributed by atoms with E-state index in [4.69, 9.17) is 4.74 Å². The quantitative estimate of drug-likeness (QED) is 0.725. The first-order chi connectivity index (χ1) is 8.40. The zero-order valence-electron chi connectivity index (χ0n) is 9.47. The molecule has 0 aliphatic heterocycles. The lowest BCUT2D eigenvalue weighted by atomic mass is 10.1. The number of nitrogens with zero attached hydrogens (tertiary/aromatic N) is 1. The number of hydrogen-bond acceptors (Lipinski definition) is 2. The normalized spacial score (nSPS) is 10.6. The van der Waals surface area contributed by atoms with Crippen LogP contribution >= 0.6 is 0 Å². The summed E-state index contributed by atoms with van der Waals surface area (Å²) in [6.45, 7) is 0. The number of aromatic amines is 1. The largest absolute Gasteiger partial charge is 0.496 e. The van der Waals surface area contributed by atoms with E-state index in [1.54, 1.807) is 13.3 Å². The number of ether oxygens (including phenoxy) is 1. The van der Waals surface area contributed by atoms with Gasteiger partial charge in [0.05, 0.1) is 12.8 Å². The molecule has 2 heterocycles. The second-order valence-electron chi connectivity index (χ2n) is 3.83. The van der Waals surface area contributed by atoms with Crippen LogP contribution in [-0.2, 0) is 0 Å². The number of hydrogen-bond donors (Lipinski definition) is 1. The number of benzene rings is 1. The Balaban J connectivity index is 2.27. The van der Waals surface area contributed by atoms with Crippen LogP contribution in [0.15, 0.2) is 48.9 Å². The summed E-state index contributed by atoms with van der Waals surface area (Å²) in [6.07, 6.45) is 5.62. The van der Waals surface area contributed by atoms with Crippen LogP contribution in [-0.4, -0.2) is 17.1 Å². The molecule has 0 aliphatic rings. The summed E-state index contributed by atoms with van der Waals surface area (Å²) in [5, 5.41) is 2.26. The lowest BCUT2D eigenvalue weighted by Gasteiger charge is -2.06. The smallest absolute Gasteiger partial charge is 0.128 e. The lowest BCUT2D eigenvalue weighted by Crippen LogP contribution is -1.87. The number of aromatic nitrogens is 2. The fourth-order valence-electron chi connectivity index (χ4n) is 2.05. The van der Waals surface area contributed by atoms with Gasteiger partial charge in [0.25, 0.3) is 0 Å². The highest BCUT2D eigenvalue weighted by atomic mass is 16.5. The molecule has 0 unspecified atom stereocenters. The Morgan fingerprint density at radius 2 is 2.06 bits per heavy atom. The SMILES string of the molecule is COc1ccccc1-c1[nH]cc2cnccc12. The van der Waals surface area contributed by atoms with Gasteiger partial charge in [0.15, 0.2) is 0 Å². The van der Waals surface area contributed by atoms with Crippen molar-refractivity contribution in [1.82, 2.24) is 9.97 Å². The van der Waals surface area contributed by atoms with E-state index in [1.165, 1.54) is 0 Å². The average Bonchev–Trinajstić information content (AvgIpc) is 2.82. The van der Waals surface area contributed by atoms with Gasteiger partial charge in [0, 0.05) is 34.9 Å². The summed E-state index contributed by atoms with van der Waals surface area (Å²) in [6, 6.07) is 9.99. The lowest BCUT2D eigenvalue weighted by molar-refractivity contribution is 0.416. The summed E-state index contributed by atoms with van der Waals surface area (Å²) in [4.78, 5) is 7.40. The predicted molar refractivity (Wildman–Crippen MR) is 68.1 cm³/mol. The molecule has 84 valence electrons. The Bertz CT molecular complexity index is 658. The van der Waals surface area contributed by atoms with Crippen molar-refractivity contribution in [3.8, 4) is 17.0 Å². The first-order valence-electron chi connectivity index (χ1n) is 5.44. The molecule has 3 aromatic rings. The first kappa shape index (κ1) is 9.90. The second-order valence-corrected chi connectivity index (χ2v) is 3.83. The Kier molecular flexibility index (Phi) is 2.29. The van der Waals surface area contributed by atoms with Crippen LogP contribution in [0.4, 0.5) is 0 Å². The molecule has 0 aliphatic carbocycles. The van der Waals surface area contributed by atoms with E-state index in [0.717, 1.165) is 27.8 Å². The van der Waals surface area contributed by atoms with Crippen LogP contribution in [0.25, 0.3) is 22.0 Å². The van der Waals surface area contributed by atoms with Gasteiger partial charge in [-0.25, -0.2) is 0 Å². The highest BCUT2D eigenvalue weighted by Crippen LogP contribution is 2.33. The first-order valence-corrected chi connectivity index (χ1v) is 5.44. The minimum Gasteiger partial charge on any atom is -0.496 e. The molecule has 0 amide bonds. The van der Waals surface area contributed by atoms with Gasteiger partial charge in [-0.2, -0.15) is 0 Å². The molecular formula is C14H12N2O. The van der Waals surface area contributed by atoms with Crippen LogP contribution in [0, 0.1) is 0 Å². The van der Waals surface area contributed by atoms with Crippen molar-refractivity contribution in [3.05, 3.63) is 48.9 Å². The third kappa shape index (κ3) is 1.56. The van der Waals surface area contributed by atoms with E-state index in [-0.39, 0.29) is 0 Å². The molecule has 0 fully saturated rings. The fourth-order valence-corrected chi connectivity index (χ4v) is 2.05. The van der Waals surface area contributed by atoms with Gasteiger partial charge in [-0.05, 0) is 18.2 Å². The highest BCUT2D eigenvalue weighted by Gasteiger charge is 2.09. The van der Waals surface area contributed by atoms with E-state index >= 15 is 0 Å². The molecular weight excluding hydrogens is 212 g/mol. The molecule has 0 bridgehead atoms. The topological polar surface area (TPSA) is 37.9 Å². The number of methoxy groups -OCH3 is 1. The van der Waals surface area contributed by atoms with Gasteiger partial charge in [0.1, 0.15) is 5.75 Å². The van der Waals surface area contributed by atoms with Crippen LogP contribution in [0.3, 0.4) is 0 Å². The van der Waals surface area contributed by atoms with E-state index < -0.39 is 0 Å². The average molecular weight is 224 g/mol. The van der Waals surface area contributed by atoms with E-state index in [1.807, 2.05) is 42.7 Å². The van der Waals surface area contributed by atoms with Crippen molar-refractivity contribution >= 4 is 10.8 Å². The van der Waals surface area contributed by atoms with Gasteiger partial charge < -0.3 is 9.72 Å². The molecule has 0 saturated carbocycles. The zero-order valence-corrected chi connectivity index (χ0v) is 9.47. The number of pyridine rings is 1. The molecule has 0 saturated heterocycles. The summed E-state index contributed by atoms with van der Waals surface area (Å²) in [5.41, 5.74) is 2.14. The molecule has 0 radical (unpaired) electrons. The summed E-state index contributed by atoms with van der Waals surface area (Å²) in [7, 11) is 1.69. The van der Waals surface area contributed by atoms with Gasteiger partial charge >= 0.3 is 0 Å². The molecule has 1 aromatic carbocycles. The van der Waals surface area contributed by atoms with Crippen molar-refractivity contribution in [2.24, 2.45) is 0 Å². The zero-order chi connectivity index (χ0) is 11.7. The summed E-state index contributed by atoms with van der Waals surface area (Å²) in [5.74, 6) is 0.869. The van der Waals surface area contributed by atoms with Crippen molar-refractivity contribution < 1.29 is 4.74 Å². The Hall–Kier alpha value is -2.29. The number of para-hydroxylation sites is 1. The van der Waals surface area contributed by atoms with Crippen LogP contribution in [0.5, 0.6) is 5.75 Å². The molecule has 3 heteroatoms. The van der Waals surface area contributed by atoms with E-state index in [2.05, 4.69) is 9.97 Å². The molecule has 1 N–H and O–H groups in total. The van der Waals surface area contributed by atoms with Gasteiger partial charge in [-0.15, -0.1) is 0 Å². The summed E-state index contributed by atoms with van der Waals surface area (Å²) >= 11 is 0. The molecule has 3 rings (SSSR count). The van der Waals surface area contributed by atoms with Crippen LogP contribution in [0.2, 0.25) is 0 Å². The standard InChI is InChI=1S/C14H12N2O/c1-17-13-5-3-2-4-12(13)14-11-6-7-15-8-10(11)9-16-14/h2-9,16H,1H3. The molecule has 17 heavy (non-hydrogen) atoms. The van der Waals surface area contributed by atoms with Crippen LogP contribution in [0.1, 0.15) is 0 Å². The van der Waals surface area contributed by atoms with Crippen molar-refractivity contribution in [2.75, 3.05) is 7.11 Å². The number of nitrogens with one attached hydrogen (secondary N) is 1. The van der Waals surface area contributed by atoms with Crippen LogP contribution < -0.4 is 4.74 Å². The number of H-pyrrole nitrogens is 1. The molecule has 0 spiro atoms. The minimum absolute atomic E-state index is 0.869. The Morgan fingerprint density at radius 3 is 2.94 bits per heavy atom. The maximum atomic E-state index is 5.38. The minimum atomic E-state index is 0.869. The monoisotopic (exact) mass is 224 g/mol. The molecule has 0 atom stereocenters. The van der Waals surface area contributed by atoms with Gasteiger partial charge in [0.2, 0.25) is 0 Å². The predicted octanol–water partition coefficient (Wildman–Crippen LogP) is 3.24. The maximum Gasteiger partial charge on any atom is 0.128 e. The van der Waals surface area contributed by atoms with Crippen molar-refractivity contribution in [2.45, 2.75) is 0 Å². The number of fused-ring (bicyclic) bond motifs is 1. The second kappa shape index (κ2) is 3.94. The fraction of sp³-hybridized carbons (Fsp3) is 0.0714.